The lowest BCUT2D eigenvalue weighted by atomic mass is 10.0. The lowest BCUT2D eigenvalue weighted by Crippen LogP contribution is -2.47. The largest absolute Gasteiger partial charge is 0.486 e. The van der Waals surface area contributed by atoms with Crippen LogP contribution in [0, 0.1) is 5.82 Å². The van der Waals surface area contributed by atoms with Gasteiger partial charge < -0.3 is 24.8 Å². The number of halogens is 2. The number of piperidine rings is 1. The maximum atomic E-state index is 13.5. The first-order chi connectivity index (χ1) is 14.1. The molecule has 1 saturated heterocycles. The Labute approximate surface area is 174 Å². The standard InChI is InChI=1S/C22H24ClFN2O3/c23-14-10-19(22-20(11-14)28-7-8-29-22)26-5-3-16(4-6-26)25-18-9-13-1-2-15(24)12-17(13)21(18)27/h1-2,10-12,16,18,21,25,27H,3-9H2/t18-,21+/m1/s1. The summed E-state index contributed by atoms with van der Waals surface area (Å²) in [6.45, 7) is 2.80. The van der Waals surface area contributed by atoms with E-state index < -0.39 is 6.10 Å². The molecule has 1 fully saturated rings. The maximum Gasteiger partial charge on any atom is 0.184 e. The molecule has 2 aliphatic heterocycles. The Morgan fingerprint density at radius 2 is 1.90 bits per heavy atom. The van der Waals surface area contributed by atoms with Crippen LogP contribution in [0.25, 0.3) is 0 Å². The van der Waals surface area contributed by atoms with Gasteiger partial charge in [0, 0.05) is 36.3 Å². The van der Waals surface area contributed by atoms with E-state index in [9.17, 15) is 9.50 Å². The molecule has 0 unspecified atom stereocenters. The number of fused-ring (bicyclic) bond motifs is 2. The highest BCUT2D eigenvalue weighted by Crippen LogP contribution is 2.43. The van der Waals surface area contributed by atoms with Crippen LogP contribution in [0.1, 0.15) is 30.1 Å². The Bertz CT molecular complexity index is 917. The SMILES string of the molecule is O[C@H]1c2cc(F)ccc2C[C@H]1NC1CCN(c2cc(Cl)cc3c2OCCO3)CC1. The molecular formula is C22H24ClFN2O3. The third-order valence-electron chi connectivity index (χ3n) is 6.12. The minimum Gasteiger partial charge on any atom is -0.486 e. The molecule has 0 spiro atoms. The average molecular weight is 419 g/mol. The van der Waals surface area contributed by atoms with Crippen LogP contribution in [0.3, 0.4) is 0 Å². The van der Waals surface area contributed by atoms with Gasteiger partial charge in [0.25, 0.3) is 0 Å². The zero-order valence-corrected chi connectivity index (χ0v) is 16.8. The molecule has 2 aromatic carbocycles. The quantitative estimate of drug-likeness (QED) is 0.799. The van der Waals surface area contributed by atoms with Crippen LogP contribution < -0.4 is 19.7 Å². The van der Waals surface area contributed by atoms with E-state index in [1.54, 1.807) is 12.1 Å². The van der Waals surface area contributed by atoms with Gasteiger partial charge in [0.05, 0.1) is 11.8 Å². The van der Waals surface area contributed by atoms with Crippen molar-refractivity contribution in [3.63, 3.8) is 0 Å². The molecule has 0 aromatic heterocycles. The van der Waals surface area contributed by atoms with Crippen molar-refractivity contribution in [2.75, 3.05) is 31.2 Å². The number of rotatable bonds is 3. The second-order valence-corrected chi connectivity index (χ2v) is 8.41. The lowest BCUT2D eigenvalue weighted by molar-refractivity contribution is 0.131. The predicted octanol–water partition coefficient (Wildman–Crippen LogP) is 3.47. The number of hydrogen-bond donors (Lipinski definition) is 2. The molecule has 2 heterocycles. The highest BCUT2D eigenvalue weighted by atomic mass is 35.5. The number of aliphatic hydroxyl groups excluding tert-OH is 1. The van der Waals surface area contributed by atoms with Crippen molar-refractivity contribution in [3.05, 3.63) is 52.3 Å². The van der Waals surface area contributed by atoms with E-state index in [-0.39, 0.29) is 11.9 Å². The van der Waals surface area contributed by atoms with Crippen molar-refractivity contribution >= 4 is 17.3 Å². The van der Waals surface area contributed by atoms with E-state index in [1.807, 2.05) is 6.07 Å². The third-order valence-corrected chi connectivity index (χ3v) is 6.34. The van der Waals surface area contributed by atoms with E-state index in [1.165, 1.54) is 12.1 Å². The smallest absolute Gasteiger partial charge is 0.184 e. The van der Waals surface area contributed by atoms with Crippen molar-refractivity contribution < 1.29 is 19.0 Å². The van der Waals surface area contributed by atoms with Crippen molar-refractivity contribution in [2.24, 2.45) is 0 Å². The summed E-state index contributed by atoms with van der Waals surface area (Å²) in [5, 5.41) is 14.8. The van der Waals surface area contributed by atoms with Gasteiger partial charge in [0.15, 0.2) is 11.5 Å². The molecule has 1 aliphatic carbocycles. The molecule has 0 radical (unpaired) electrons. The number of ether oxygens (including phenoxy) is 2. The topological polar surface area (TPSA) is 54.0 Å². The van der Waals surface area contributed by atoms with Gasteiger partial charge in [-0.1, -0.05) is 17.7 Å². The second kappa shape index (κ2) is 7.67. The normalized spacial score (nSPS) is 23.9. The highest BCUT2D eigenvalue weighted by Gasteiger charge is 2.34. The van der Waals surface area contributed by atoms with Crippen LogP contribution >= 0.6 is 11.6 Å². The molecule has 5 nitrogen and oxygen atoms in total. The van der Waals surface area contributed by atoms with E-state index in [0.29, 0.717) is 35.6 Å². The second-order valence-electron chi connectivity index (χ2n) is 7.98. The molecule has 2 atom stereocenters. The molecule has 154 valence electrons. The van der Waals surface area contributed by atoms with Gasteiger partial charge in [-0.25, -0.2) is 4.39 Å². The molecule has 0 bridgehead atoms. The van der Waals surface area contributed by atoms with Gasteiger partial charge in [-0.2, -0.15) is 0 Å². The number of anilines is 1. The van der Waals surface area contributed by atoms with Gasteiger partial charge in [-0.05, 0) is 48.6 Å². The lowest BCUT2D eigenvalue weighted by Gasteiger charge is -2.37. The number of hydrogen-bond acceptors (Lipinski definition) is 5. The monoisotopic (exact) mass is 418 g/mol. The number of nitrogens with one attached hydrogen (secondary N) is 1. The molecule has 29 heavy (non-hydrogen) atoms. The summed E-state index contributed by atoms with van der Waals surface area (Å²) in [4.78, 5) is 2.28. The van der Waals surface area contributed by atoms with E-state index in [2.05, 4.69) is 10.2 Å². The Hall–Kier alpha value is -2.02. The molecule has 0 saturated carbocycles. The zero-order valence-electron chi connectivity index (χ0n) is 16.0. The minimum atomic E-state index is -0.663. The summed E-state index contributed by atoms with van der Waals surface area (Å²) >= 11 is 6.29. The summed E-state index contributed by atoms with van der Waals surface area (Å²) in [7, 11) is 0. The Kier molecular flexibility index (Phi) is 5.02. The predicted molar refractivity (Wildman–Crippen MR) is 110 cm³/mol. The Morgan fingerprint density at radius 3 is 2.72 bits per heavy atom. The molecule has 0 amide bonds. The Balaban J connectivity index is 1.24. The number of nitrogens with zero attached hydrogens (tertiary/aromatic N) is 1. The van der Waals surface area contributed by atoms with Crippen LogP contribution in [-0.2, 0) is 6.42 Å². The van der Waals surface area contributed by atoms with Gasteiger partial charge in [-0.3, -0.25) is 0 Å². The van der Waals surface area contributed by atoms with Gasteiger partial charge in [0.1, 0.15) is 19.0 Å². The summed E-state index contributed by atoms with van der Waals surface area (Å²) in [6.07, 6.45) is 1.94. The fourth-order valence-electron chi connectivity index (χ4n) is 4.67. The van der Waals surface area contributed by atoms with Crippen LogP contribution in [0.4, 0.5) is 10.1 Å². The summed E-state index contributed by atoms with van der Waals surface area (Å²) in [5.41, 5.74) is 2.72. The van der Waals surface area contributed by atoms with Crippen LogP contribution in [0.15, 0.2) is 30.3 Å². The number of benzene rings is 2. The summed E-state index contributed by atoms with van der Waals surface area (Å²) in [6, 6.07) is 8.67. The van der Waals surface area contributed by atoms with Crippen molar-refractivity contribution in [1.29, 1.82) is 0 Å². The van der Waals surface area contributed by atoms with Crippen LogP contribution in [0.5, 0.6) is 11.5 Å². The molecule has 7 heteroatoms. The highest BCUT2D eigenvalue weighted by molar-refractivity contribution is 6.31. The van der Waals surface area contributed by atoms with Crippen LogP contribution in [-0.4, -0.2) is 43.5 Å². The molecule has 2 aromatic rings. The number of aliphatic hydroxyl groups is 1. The van der Waals surface area contributed by atoms with Gasteiger partial charge in [-0.15, -0.1) is 0 Å². The van der Waals surface area contributed by atoms with Gasteiger partial charge in [0.2, 0.25) is 0 Å². The molecule has 3 aliphatic rings. The fourth-order valence-corrected chi connectivity index (χ4v) is 4.87. The first kappa shape index (κ1) is 19.0. The molecule has 5 rings (SSSR count). The minimum absolute atomic E-state index is 0.0704. The Morgan fingerprint density at radius 1 is 1.10 bits per heavy atom. The van der Waals surface area contributed by atoms with E-state index >= 15 is 0 Å². The van der Waals surface area contributed by atoms with Gasteiger partial charge >= 0.3 is 0 Å². The van der Waals surface area contributed by atoms with Crippen molar-refractivity contribution in [3.8, 4) is 11.5 Å². The molecular weight excluding hydrogens is 395 g/mol. The third kappa shape index (κ3) is 3.65. The summed E-state index contributed by atoms with van der Waals surface area (Å²) < 4.78 is 25.1. The van der Waals surface area contributed by atoms with Crippen LogP contribution in [0.2, 0.25) is 5.02 Å². The maximum absolute atomic E-state index is 13.5. The zero-order chi connectivity index (χ0) is 20.0. The van der Waals surface area contributed by atoms with E-state index in [0.717, 1.165) is 49.4 Å². The summed E-state index contributed by atoms with van der Waals surface area (Å²) in [5.74, 6) is 1.18. The first-order valence-electron chi connectivity index (χ1n) is 10.1. The first-order valence-corrected chi connectivity index (χ1v) is 10.5. The van der Waals surface area contributed by atoms with Crippen molar-refractivity contribution in [2.45, 2.75) is 37.5 Å². The average Bonchev–Trinajstić information content (AvgIpc) is 3.03. The molecule has 2 N–H and O–H groups in total. The van der Waals surface area contributed by atoms with Crippen molar-refractivity contribution in [1.82, 2.24) is 5.32 Å². The van der Waals surface area contributed by atoms with E-state index in [4.69, 9.17) is 21.1 Å². The fraction of sp³-hybridized carbons (Fsp3) is 0.455.